The molecule has 1 aliphatic heterocycles. The van der Waals surface area contributed by atoms with Crippen LogP contribution in [0.2, 0.25) is 0 Å². The van der Waals surface area contributed by atoms with Gasteiger partial charge in [0.2, 0.25) is 0 Å². The Morgan fingerprint density at radius 3 is 1.67 bits per heavy atom. The molecule has 0 saturated carbocycles. The van der Waals surface area contributed by atoms with Crippen molar-refractivity contribution in [2.45, 2.75) is 30.5 Å². The van der Waals surface area contributed by atoms with Gasteiger partial charge in [0.25, 0.3) is 0 Å². The standard InChI is InChI=1S/C26H24N2O2/c1-30-25(29)24-18-17-23(19-27)28(24)26(20-11-5-2-6-12-20,21-13-7-3-8-14-21)22-15-9-4-10-16-22/h2-16,23-24H,17-18H2,1H3/t23-,24+/m0/s1. The number of esters is 1. The number of rotatable bonds is 5. The van der Waals surface area contributed by atoms with Crippen LogP contribution in [0.5, 0.6) is 0 Å². The van der Waals surface area contributed by atoms with Crippen LogP contribution in [0.25, 0.3) is 0 Å². The van der Waals surface area contributed by atoms with Crippen molar-refractivity contribution in [3.63, 3.8) is 0 Å². The highest BCUT2D eigenvalue weighted by atomic mass is 16.5. The zero-order valence-electron chi connectivity index (χ0n) is 16.9. The van der Waals surface area contributed by atoms with Gasteiger partial charge in [0.1, 0.15) is 6.04 Å². The average molecular weight is 396 g/mol. The Hall–Kier alpha value is -3.42. The van der Waals surface area contributed by atoms with Crippen molar-refractivity contribution in [3.8, 4) is 6.07 Å². The summed E-state index contributed by atoms with van der Waals surface area (Å²) in [7, 11) is 1.41. The molecule has 0 aromatic heterocycles. The Morgan fingerprint density at radius 1 is 0.867 bits per heavy atom. The summed E-state index contributed by atoms with van der Waals surface area (Å²) in [5.41, 5.74) is 2.23. The first kappa shape index (κ1) is 19.9. The van der Waals surface area contributed by atoms with Crippen molar-refractivity contribution in [1.82, 2.24) is 4.90 Å². The van der Waals surface area contributed by atoms with Gasteiger partial charge in [-0.3, -0.25) is 9.69 Å². The molecule has 4 nitrogen and oxygen atoms in total. The van der Waals surface area contributed by atoms with E-state index in [0.717, 1.165) is 16.7 Å². The molecule has 1 heterocycles. The number of benzene rings is 3. The van der Waals surface area contributed by atoms with Crippen LogP contribution in [0, 0.1) is 11.3 Å². The van der Waals surface area contributed by atoms with Crippen molar-refractivity contribution in [2.75, 3.05) is 7.11 Å². The molecule has 2 atom stereocenters. The van der Waals surface area contributed by atoms with Crippen LogP contribution in [0.3, 0.4) is 0 Å². The van der Waals surface area contributed by atoms with Crippen molar-refractivity contribution < 1.29 is 9.53 Å². The van der Waals surface area contributed by atoms with Gasteiger partial charge in [0.15, 0.2) is 0 Å². The molecule has 4 rings (SSSR count). The van der Waals surface area contributed by atoms with Gasteiger partial charge in [-0.1, -0.05) is 91.0 Å². The van der Waals surface area contributed by atoms with Gasteiger partial charge < -0.3 is 4.74 Å². The molecule has 0 amide bonds. The van der Waals surface area contributed by atoms with Crippen LogP contribution < -0.4 is 0 Å². The third kappa shape index (κ3) is 3.18. The zero-order chi connectivity index (χ0) is 21.0. The van der Waals surface area contributed by atoms with Gasteiger partial charge in [-0.05, 0) is 29.5 Å². The van der Waals surface area contributed by atoms with Crippen LogP contribution >= 0.6 is 0 Å². The minimum Gasteiger partial charge on any atom is -0.468 e. The second kappa shape index (κ2) is 8.52. The molecule has 0 spiro atoms. The summed E-state index contributed by atoms with van der Waals surface area (Å²) in [4.78, 5) is 14.9. The maximum Gasteiger partial charge on any atom is 0.323 e. The molecule has 4 heteroatoms. The molecule has 150 valence electrons. The molecular formula is C26H24N2O2. The predicted molar refractivity (Wildman–Crippen MR) is 115 cm³/mol. The quantitative estimate of drug-likeness (QED) is 0.470. The first-order valence-electron chi connectivity index (χ1n) is 10.2. The number of ether oxygens (including phenoxy) is 1. The number of nitrogens with zero attached hydrogens (tertiary/aromatic N) is 2. The van der Waals surface area contributed by atoms with Crippen LogP contribution in [0.1, 0.15) is 29.5 Å². The topological polar surface area (TPSA) is 53.3 Å². The summed E-state index contributed by atoms with van der Waals surface area (Å²) in [5, 5.41) is 10.1. The minimum atomic E-state index is -0.806. The Bertz CT molecular complexity index is 932. The van der Waals surface area contributed by atoms with E-state index in [2.05, 4.69) is 47.4 Å². The Balaban J connectivity index is 2.09. The summed E-state index contributed by atoms with van der Waals surface area (Å²) < 4.78 is 5.17. The number of carbonyl (C=O) groups is 1. The number of nitriles is 1. The summed E-state index contributed by atoms with van der Waals surface area (Å²) in [6, 6.07) is 31.9. The molecule has 30 heavy (non-hydrogen) atoms. The lowest BCUT2D eigenvalue weighted by Gasteiger charge is -2.47. The minimum absolute atomic E-state index is 0.306. The summed E-state index contributed by atoms with van der Waals surface area (Å²) in [5.74, 6) is -0.306. The number of hydrogen-bond acceptors (Lipinski definition) is 4. The van der Waals surface area contributed by atoms with E-state index in [1.807, 2.05) is 54.6 Å². The molecule has 3 aromatic carbocycles. The number of methoxy groups -OCH3 is 1. The maximum atomic E-state index is 12.9. The SMILES string of the molecule is COC(=O)[C@H]1CC[C@@H](C#N)N1C(c1ccccc1)(c1ccccc1)c1ccccc1. The first-order chi connectivity index (χ1) is 14.7. The molecule has 0 unspecified atom stereocenters. The second-order valence-electron chi connectivity index (χ2n) is 7.48. The Labute approximate surface area is 177 Å². The van der Waals surface area contributed by atoms with Gasteiger partial charge in [0.05, 0.1) is 24.8 Å². The monoisotopic (exact) mass is 396 g/mol. The van der Waals surface area contributed by atoms with Crippen molar-refractivity contribution in [3.05, 3.63) is 108 Å². The molecule has 1 aliphatic rings. The van der Waals surface area contributed by atoms with E-state index in [1.54, 1.807) is 0 Å². The summed E-state index contributed by atoms with van der Waals surface area (Å²) in [6.45, 7) is 0. The first-order valence-corrected chi connectivity index (χ1v) is 10.2. The molecular weight excluding hydrogens is 372 g/mol. The van der Waals surface area contributed by atoms with Gasteiger partial charge >= 0.3 is 5.97 Å². The fourth-order valence-corrected chi connectivity index (χ4v) is 4.76. The van der Waals surface area contributed by atoms with Crippen LogP contribution in [0.4, 0.5) is 0 Å². The summed E-state index contributed by atoms with van der Waals surface area (Å²) in [6.07, 6.45) is 1.20. The van der Waals surface area contributed by atoms with E-state index >= 15 is 0 Å². The zero-order valence-corrected chi connectivity index (χ0v) is 16.9. The normalized spacial score (nSPS) is 19.2. The lowest BCUT2D eigenvalue weighted by atomic mass is 9.74. The predicted octanol–water partition coefficient (Wildman–Crippen LogP) is 4.51. The molecule has 0 N–H and O–H groups in total. The molecule has 1 fully saturated rings. The number of likely N-dealkylation sites (tertiary alicyclic amines) is 1. The largest absolute Gasteiger partial charge is 0.468 e. The van der Waals surface area contributed by atoms with Crippen LogP contribution in [-0.2, 0) is 15.1 Å². The van der Waals surface area contributed by atoms with Crippen molar-refractivity contribution in [2.24, 2.45) is 0 Å². The van der Waals surface area contributed by atoms with E-state index in [4.69, 9.17) is 4.74 Å². The van der Waals surface area contributed by atoms with Gasteiger partial charge in [-0.15, -0.1) is 0 Å². The average Bonchev–Trinajstić information content (AvgIpc) is 3.26. The van der Waals surface area contributed by atoms with Crippen LogP contribution in [0.15, 0.2) is 91.0 Å². The fraction of sp³-hybridized carbons (Fsp3) is 0.231. The third-order valence-corrected chi connectivity index (χ3v) is 5.97. The molecule has 0 bridgehead atoms. The Kier molecular flexibility index (Phi) is 5.65. The highest BCUT2D eigenvalue weighted by molar-refractivity contribution is 5.77. The maximum absolute atomic E-state index is 12.9. The van der Waals surface area contributed by atoms with E-state index in [0.29, 0.717) is 12.8 Å². The smallest absolute Gasteiger partial charge is 0.323 e. The lowest BCUT2D eigenvalue weighted by molar-refractivity contribution is -0.147. The van der Waals surface area contributed by atoms with Crippen LogP contribution in [-0.4, -0.2) is 30.1 Å². The van der Waals surface area contributed by atoms with E-state index in [1.165, 1.54) is 7.11 Å². The van der Waals surface area contributed by atoms with E-state index in [9.17, 15) is 10.1 Å². The van der Waals surface area contributed by atoms with E-state index < -0.39 is 17.6 Å². The van der Waals surface area contributed by atoms with Crippen molar-refractivity contribution in [1.29, 1.82) is 5.26 Å². The molecule has 1 saturated heterocycles. The lowest BCUT2D eigenvalue weighted by Crippen LogP contribution is -2.55. The second-order valence-corrected chi connectivity index (χ2v) is 7.48. The number of hydrogen-bond donors (Lipinski definition) is 0. The van der Waals surface area contributed by atoms with Gasteiger partial charge in [0, 0.05) is 0 Å². The highest BCUT2D eigenvalue weighted by Gasteiger charge is 2.53. The van der Waals surface area contributed by atoms with E-state index in [-0.39, 0.29) is 5.97 Å². The molecule has 3 aromatic rings. The summed E-state index contributed by atoms with van der Waals surface area (Å²) >= 11 is 0. The third-order valence-electron chi connectivity index (χ3n) is 5.97. The van der Waals surface area contributed by atoms with Gasteiger partial charge in [-0.2, -0.15) is 5.26 Å². The van der Waals surface area contributed by atoms with Gasteiger partial charge in [-0.25, -0.2) is 0 Å². The molecule has 0 radical (unpaired) electrons. The Morgan fingerprint density at radius 2 is 1.30 bits per heavy atom. The highest BCUT2D eigenvalue weighted by Crippen LogP contribution is 2.48. The number of carbonyl (C=O) groups excluding carboxylic acids is 1. The molecule has 0 aliphatic carbocycles. The fourth-order valence-electron chi connectivity index (χ4n) is 4.76. The van der Waals surface area contributed by atoms with Crippen molar-refractivity contribution >= 4 is 5.97 Å².